The Hall–Kier alpha value is -1.57. The van der Waals surface area contributed by atoms with Gasteiger partial charge in [-0.1, -0.05) is 43.7 Å². The first-order valence-electron chi connectivity index (χ1n) is 5.65. The average Bonchev–Trinajstić information content (AvgIpc) is 2.30. The summed E-state index contributed by atoms with van der Waals surface area (Å²) in [7, 11) is 0. The summed E-state index contributed by atoms with van der Waals surface area (Å²) in [6, 6.07) is 9.69. The van der Waals surface area contributed by atoms with Crippen molar-refractivity contribution in [3.8, 4) is 0 Å². The lowest BCUT2D eigenvalue weighted by Crippen LogP contribution is -2.03. The summed E-state index contributed by atoms with van der Waals surface area (Å²) in [4.78, 5) is 11.2. The molecule has 2 nitrogen and oxygen atoms in total. The van der Waals surface area contributed by atoms with Crippen molar-refractivity contribution in [3.63, 3.8) is 0 Å². The molecule has 0 unspecified atom stereocenters. The minimum absolute atomic E-state index is 0.535. The van der Waals surface area contributed by atoms with E-state index >= 15 is 0 Å². The molecule has 0 spiro atoms. The van der Waals surface area contributed by atoms with E-state index in [0.717, 1.165) is 24.0 Å². The molecule has 0 heterocycles. The standard InChI is InChI=1S/C14H18O2/c1-3-4-10-13(14(15)16)11(2)12-8-6-5-7-9-12/h5-9H,3-4,10H2,1-2H3,(H,15,16). The number of allylic oxidation sites excluding steroid dienone is 1. The number of carboxylic acid groups (broad SMARTS) is 1. The molecule has 1 aromatic carbocycles. The minimum atomic E-state index is -0.796. The number of benzene rings is 1. The zero-order valence-corrected chi connectivity index (χ0v) is 9.86. The van der Waals surface area contributed by atoms with Crippen LogP contribution in [0.2, 0.25) is 0 Å². The Morgan fingerprint density at radius 2 is 1.88 bits per heavy atom. The van der Waals surface area contributed by atoms with Crippen molar-refractivity contribution in [2.45, 2.75) is 33.1 Å². The van der Waals surface area contributed by atoms with Crippen LogP contribution in [0.15, 0.2) is 35.9 Å². The minimum Gasteiger partial charge on any atom is -0.478 e. The molecular weight excluding hydrogens is 200 g/mol. The molecule has 1 N–H and O–H groups in total. The van der Waals surface area contributed by atoms with Gasteiger partial charge in [-0.2, -0.15) is 0 Å². The second-order valence-corrected chi connectivity index (χ2v) is 3.88. The van der Waals surface area contributed by atoms with E-state index in [4.69, 9.17) is 0 Å². The van der Waals surface area contributed by atoms with E-state index in [0.29, 0.717) is 12.0 Å². The highest BCUT2D eigenvalue weighted by atomic mass is 16.4. The zero-order chi connectivity index (χ0) is 12.0. The fraction of sp³-hybridized carbons (Fsp3) is 0.357. The normalized spacial score (nSPS) is 12.1. The predicted molar refractivity (Wildman–Crippen MR) is 66.2 cm³/mol. The maximum Gasteiger partial charge on any atom is 0.331 e. The van der Waals surface area contributed by atoms with Gasteiger partial charge in [0.15, 0.2) is 0 Å². The van der Waals surface area contributed by atoms with E-state index in [-0.39, 0.29) is 0 Å². The SMILES string of the molecule is CCCCC(C(=O)O)=C(C)c1ccccc1. The average molecular weight is 218 g/mol. The third-order valence-electron chi connectivity index (χ3n) is 2.70. The first-order chi connectivity index (χ1) is 7.66. The second-order valence-electron chi connectivity index (χ2n) is 3.88. The molecule has 0 aromatic heterocycles. The quantitative estimate of drug-likeness (QED) is 0.764. The topological polar surface area (TPSA) is 37.3 Å². The highest BCUT2D eigenvalue weighted by molar-refractivity contribution is 5.95. The largest absolute Gasteiger partial charge is 0.478 e. The highest BCUT2D eigenvalue weighted by Gasteiger charge is 2.11. The highest BCUT2D eigenvalue weighted by Crippen LogP contribution is 2.21. The maximum atomic E-state index is 11.2. The summed E-state index contributed by atoms with van der Waals surface area (Å²) >= 11 is 0. The van der Waals surface area contributed by atoms with Gasteiger partial charge in [-0.15, -0.1) is 0 Å². The van der Waals surface area contributed by atoms with Crippen LogP contribution in [0.25, 0.3) is 5.57 Å². The van der Waals surface area contributed by atoms with Gasteiger partial charge in [-0.3, -0.25) is 0 Å². The first kappa shape index (κ1) is 12.5. The molecule has 0 aliphatic carbocycles. The summed E-state index contributed by atoms with van der Waals surface area (Å²) < 4.78 is 0. The van der Waals surface area contributed by atoms with Gasteiger partial charge in [0.25, 0.3) is 0 Å². The molecule has 0 saturated heterocycles. The van der Waals surface area contributed by atoms with Crippen LogP contribution < -0.4 is 0 Å². The third-order valence-corrected chi connectivity index (χ3v) is 2.70. The molecule has 86 valence electrons. The van der Waals surface area contributed by atoms with E-state index in [1.54, 1.807) is 0 Å². The Morgan fingerprint density at radius 3 is 2.38 bits per heavy atom. The van der Waals surface area contributed by atoms with Gasteiger partial charge in [0.1, 0.15) is 0 Å². The van der Waals surface area contributed by atoms with Crippen molar-refractivity contribution < 1.29 is 9.90 Å². The van der Waals surface area contributed by atoms with Crippen molar-refractivity contribution in [2.24, 2.45) is 0 Å². The van der Waals surface area contributed by atoms with Crippen molar-refractivity contribution in [2.75, 3.05) is 0 Å². The number of hydrogen-bond acceptors (Lipinski definition) is 1. The van der Waals surface area contributed by atoms with Gasteiger partial charge in [0, 0.05) is 5.57 Å². The lowest BCUT2D eigenvalue weighted by atomic mass is 9.98. The Kier molecular flexibility index (Phi) is 4.77. The van der Waals surface area contributed by atoms with E-state index in [9.17, 15) is 9.90 Å². The zero-order valence-electron chi connectivity index (χ0n) is 9.86. The Labute approximate surface area is 96.6 Å². The molecule has 0 amide bonds. The van der Waals surface area contributed by atoms with Gasteiger partial charge >= 0.3 is 5.97 Å². The first-order valence-corrected chi connectivity index (χ1v) is 5.65. The fourth-order valence-corrected chi connectivity index (χ4v) is 1.67. The lowest BCUT2D eigenvalue weighted by Gasteiger charge is -2.08. The number of hydrogen-bond donors (Lipinski definition) is 1. The molecule has 0 bridgehead atoms. The summed E-state index contributed by atoms with van der Waals surface area (Å²) in [6.45, 7) is 3.95. The predicted octanol–water partition coefficient (Wildman–Crippen LogP) is 3.73. The molecule has 0 atom stereocenters. The third kappa shape index (κ3) is 3.23. The number of rotatable bonds is 5. The monoisotopic (exact) mass is 218 g/mol. The van der Waals surface area contributed by atoms with Crippen molar-refractivity contribution in [1.82, 2.24) is 0 Å². The number of unbranched alkanes of at least 4 members (excludes halogenated alkanes) is 1. The number of carbonyl (C=O) groups is 1. The van der Waals surface area contributed by atoms with Gasteiger partial charge in [0.2, 0.25) is 0 Å². The molecule has 0 fully saturated rings. The van der Waals surface area contributed by atoms with Crippen LogP contribution >= 0.6 is 0 Å². The van der Waals surface area contributed by atoms with Crippen LogP contribution in [0, 0.1) is 0 Å². The molecule has 0 aliphatic rings. The molecule has 0 radical (unpaired) electrons. The summed E-state index contributed by atoms with van der Waals surface area (Å²) in [5.41, 5.74) is 2.41. The molecule has 16 heavy (non-hydrogen) atoms. The van der Waals surface area contributed by atoms with E-state index in [1.807, 2.05) is 37.3 Å². The van der Waals surface area contributed by atoms with E-state index < -0.39 is 5.97 Å². The molecule has 1 rings (SSSR count). The van der Waals surface area contributed by atoms with Crippen molar-refractivity contribution in [3.05, 3.63) is 41.5 Å². The smallest absolute Gasteiger partial charge is 0.331 e. The molecule has 0 saturated carbocycles. The number of carboxylic acids is 1. The van der Waals surface area contributed by atoms with Crippen LogP contribution in [-0.4, -0.2) is 11.1 Å². The summed E-state index contributed by atoms with van der Waals surface area (Å²) in [5, 5.41) is 9.17. The maximum absolute atomic E-state index is 11.2. The van der Waals surface area contributed by atoms with Crippen LogP contribution in [0.3, 0.4) is 0 Å². The Bertz CT molecular complexity index is 377. The number of aliphatic carboxylic acids is 1. The van der Waals surface area contributed by atoms with Gasteiger partial charge in [0.05, 0.1) is 0 Å². The Balaban J connectivity index is 3.01. The van der Waals surface area contributed by atoms with Crippen LogP contribution in [0.4, 0.5) is 0 Å². The lowest BCUT2D eigenvalue weighted by molar-refractivity contribution is -0.132. The van der Waals surface area contributed by atoms with Gasteiger partial charge < -0.3 is 5.11 Å². The molecule has 1 aromatic rings. The van der Waals surface area contributed by atoms with Crippen molar-refractivity contribution in [1.29, 1.82) is 0 Å². The Morgan fingerprint density at radius 1 is 1.25 bits per heavy atom. The molecule has 0 aliphatic heterocycles. The summed E-state index contributed by atoms with van der Waals surface area (Å²) in [6.07, 6.45) is 2.58. The molecular formula is C14H18O2. The molecule has 2 heteroatoms. The second kappa shape index (κ2) is 6.11. The van der Waals surface area contributed by atoms with Crippen LogP contribution in [0.1, 0.15) is 38.7 Å². The van der Waals surface area contributed by atoms with Crippen LogP contribution in [-0.2, 0) is 4.79 Å². The van der Waals surface area contributed by atoms with Crippen LogP contribution in [0.5, 0.6) is 0 Å². The van der Waals surface area contributed by atoms with Gasteiger partial charge in [-0.05, 0) is 30.9 Å². The fourth-order valence-electron chi connectivity index (χ4n) is 1.67. The van der Waals surface area contributed by atoms with Gasteiger partial charge in [-0.25, -0.2) is 4.79 Å². The van der Waals surface area contributed by atoms with E-state index in [1.165, 1.54) is 0 Å². The summed E-state index contributed by atoms with van der Waals surface area (Å²) in [5.74, 6) is -0.796. The van der Waals surface area contributed by atoms with E-state index in [2.05, 4.69) is 6.92 Å². The van der Waals surface area contributed by atoms with Crippen molar-refractivity contribution >= 4 is 11.5 Å².